The minimum Gasteiger partial charge on any atom is -0.355 e. The molecule has 3 aromatic carbocycles. The Morgan fingerprint density at radius 1 is 0.971 bits per heavy atom. The zero-order valence-electron chi connectivity index (χ0n) is 19.6. The molecule has 4 aromatic rings. The predicted octanol–water partition coefficient (Wildman–Crippen LogP) is 4.87. The van der Waals surface area contributed by atoms with Gasteiger partial charge < -0.3 is 20.9 Å². The van der Waals surface area contributed by atoms with Crippen molar-refractivity contribution in [3.8, 4) is 11.3 Å². The third-order valence-corrected chi connectivity index (χ3v) is 6.94. The van der Waals surface area contributed by atoms with Crippen molar-refractivity contribution in [3.63, 3.8) is 0 Å². The third-order valence-electron chi connectivity index (χ3n) is 6.94. The summed E-state index contributed by atoms with van der Waals surface area (Å²) in [6.45, 7) is 1.44. The molecule has 1 aromatic heterocycles. The van der Waals surface area contributed by atoms with Crippen LogP contribution in [-0.4, -0.2) is 41.5 Å². The number of para-hydroxylation sites is 1. The smallest absolute Gasteiger partial charge is 0.314 e. The molecule has 1 aliphatic rings. The second-order valence-corrected chi connectivity index (χ2v) is 9.16. The lowest BCUT2D eigenvalue weighted by Crippen LogP contribution is -2.47. The van der Waals surface area contributed by atoms with Gasteiger partial charge in [-0.05, 0) is 35.6 Å². The topological polar surface area (TPSA) is 91.2 Å². The molecule has 1 aliphatic heterocycles. The molecule has 0 saturated carbocycles. The molecule has 5 rings (SSSR count). The average molecular weight is 467 g/mol. The van der Waals surface area contributed by atoms with Crippen molar-refractivity contribution in [1.29, 1.82) is 0 Å². The molecular weight excluding hydrogens is 436 g/mol. The fourth-order valence-corrected chi connectivity index (χ4v) is 5.17. The number of likely N-dealkylation sites (tertiary alicyclic amines) is 1. The van der Waals surface area contributed by atoms with Gasteiger partial charge in [-0.1, -0.05) is 78.9 Å². The van der Waals surface area contributed by atoms with Gasteiger partial charge in [-0.15, -0.1) is 0 Å². The van der Waals surface area contributed by atoms with E-state index in [0.29, 0.717) is 19.6 Å². The number of aromatic nitrogens is 1. The Balaban J connectivity index is 1.51. The summed E-state index contributed by atoms with van der Waals surface area (Å²) in [4.78, 5) is 30.0. The average Bonchev–Trinajstić information content (AvgIpc) is 3.29. The third kappa shape index (κ3) is 4.78. The number of carbonyl (C=O) groups is 2. The molecule has 2 heterocycles. The number of benzene rings is 3. The second kappa shape index (κ2) is 10.1. The maximum absolute atomic E-state index is 13.2. The highest BCUT2D eigenvalue weighted by Crippen LogP contribution is 2.38. The number of carbonyl (C=O) groups excluding carboxylic acids is 2. The van der Waals surface area contributed by atoms with Crippen LogP contribution in [-0.2, 0) is 4.79 Å². The number of urea groups is 1. The number of nitrogens with one attached hydrogen (secondary N) is 2. The number of aromatic amines is 1. The van der Waals surface area contributed by atoms with Crippen molar-refractivity contribution >= 4 is 22.8 Å². The predicted molar refractivity (Wildman–Crippen MR) is 139 cm³/mol. The van der Waals surface area contributed by atoms with Crippen LogP contribution in [0.2, 0.25) is 0 Å². The van der Waals surface area contributed by atoms with Crippen molar-refractivity contribution in [2.45, 2.75) is 18.8 Å². The van der Waals surface area contributed by atoms with E-state index < -0.39 is 6.03 Å². The summed E-state index contributed by atoms with van der Waals surface area (Å²) in [5.41, 5.74) is 11.0. The van der Waals surface area contributed by atoms with Crippen molar-refractivity contribution in [1.82, 2.24) is 15.2 Å². The molecule has 0 aliphatic carbocycles. The minimum atomic E-state index is -0.462. The van der Waals surface area contributed by atoms with Gasteiger partial charge in [0.2, 0.25) is 5.91 Å². The zero-order valence-corrected chi connectivity index (χ0v) is 19.6. The number of amides is 3. The van der Waals surface area contributed by atoms with Gasteiger partial charge in [0.15, 0.2) is 0 Å². The van der Waals surface area contributed by atoms with Gasteiger partial charge in [-0.25, -0.2) is 4.79 Å². The van der Waals surface area contributed by atoms with E-state index in [-0.39, 0.29) is 17.7 Å². The van der Waals surface area contributed by atoms with Crippen LogP contribution in [0.3, 0.4) is 0 Å². The van der Waals surface area contributed by atoms with Gasteiger partial charge in [-0.3, -0.25) is 4.79 Å². The van der Waals surface area contributed by atoms with Crippen LogP contribution in [0.25, 0.3) is 22.2 Å². The zero-order chi connectivity index (χ0) is 24.2. The first-order valence-electron chi connectivity index (χ1n) is 12.1. The van der Waals surface area contributed by atoms with Crippen LogP contribution < -0.4 is 11.1 Å². The fraction of sp³-hybridized carbons (Fsp3) is 0.241. The van der Waals surface area contributed by atoms with Gasteiger partial charge >= 0.3 is 6.03 Å². The summed E-state index contributed by atoms with van der Waals surface area (Å²) in [7, 11) is 0. The number of piperidine rings is 1. The Kier molecular flexibility index (Phi) is 6.53. The Morgan fingerprint density at radius 2 is 1.66 bits per heavy atom. The number of H-pyrrole nitrogens is 1. The molecule has 178 valence electrons. The highest BCUT2D eigenvalue weighted by molar-refractivity contribution is 5.92. The standard InChI is InChI=1S/C29H30N4O2/c30-29(35)33-17-9-14-22(19-33)28(34)31-18-24(20-10-3-1-4-11-20)26-23-15-7-8-16-25(23)32-27(26)21-12-5-2-6-13-21/h1-8,10-13,15-16,22,24,32H,9,14,17-19H2,(H2,30,35)(H,31,34). The maximum Gasteiger partial charge on any atom is 0.314 e. The second-order valence-electron chi connectivity index (χ2n) is 9.16. The number of nitrogens with zero attached hydrogens (tertiary/aromatic N) is 1. The summed E-state index contributed by atoms with van der Waals surface area (Å²) in [5.74, 6) is -0.329. The molecule has 6 nitrogen and oxygen atoms in total. The van der Waals surface area contributed by atoms with Gasteiger partial charge in [0.1, 0.15) is 0 Å². The summed E-state index contributed by atoms with van der Waals surface area (Å²) >= 11 is 0. The van der Waals surface area contributed by atoms with Crippen LogP contribution in [0.1, 0.15) is 29.9 Å². The fourth-order valence-electron chi connectivity index (χ4n) is 5.17. The molecule has 0 radical (unpaired) electrons. The van der Waals surface area contributed by atoms with E-state index in [0.717, 1.165) is 40.6 Å². The number of hydrogen-bond acceptors (Lipinski definition) is 2. The lowest BCUT2D eigenvalue weighted by Gasteiger charge is -2.31. The summed E-state index contributed by atoms with van der Waals surface area (Å²) in [5, 5.41) is 4.36. The van der Waals surface area contributed by atoms with E-state index in [2.05, 4.69) is 52.8 Å². The van der Waals surface area contributed by atoms with Gasteiger partial charge in [0.05, 0.1) is 11.6 Å². The summed E-state index contributed by atoms with van der Waals surface area (Å²) in [6, 6.07) is 28.5. The van der Waals surface area contributed by atoms with Crippen LogP contribution in [0.15, 0.2) is 84.9 Å². The molecule has 0 spiro atoms. The van der Waals surface area contributed by atoms with Gasteiger partial charge in [-0.2, -0.15) is 0 Å². The SMILES string of the molecule is NC(=O)N1CCCC(C(=O)NCC(c2ccccc2)c2c(-c3ccccc3)[nH]c3ccccc23)C1. The van der Waals surface area contributed by atoms with Gasteiger partial charge in [0.25, 0.3) is 0 Å². The number of hydrogen-bond donors (Lipinski definition) is 3. The van der Waals surface area contributed by atoms with Crippen molar-refractivity contribution in [2.24, 2.45) is 11.7 Å². The lowest BCUT2D eigenvalue weighted by molar-refractivity contribution is -0.126. The Bertz CT molecular complexity index is 1320. The largest absolute Gasteiger partial charge is 0.355 e. The summed E-state index contributed by atoms with van der Waals surface area (Å²) < 4.78 is 0. The molecule has 3 amide bonds. The number of primary amides is 1. The molecule has 0 bridgehead atoms. The van der Waals surface area contributed by atoms with Crippen molar-refractivity contribution < 1.29 is 9.59 Å². The molecular formula is C29H30N4O2. The lowest BCUT2D eigenvalue weighted by atomic mass is 9.87. The van der Waals surface area contributed by atoms with E-state index in [4.69, 9.17) is 5.73 Å². The van der Waals surface area contributed by atoms with E-state index in [1.165, 1.54) is 5.56 Å². The molecule has 1 fully saturated rings. The Labute approximate surface area is 205 Å². The molecule has 1 saturated heterocycles. The van der Waals surface area contributed by atoms with E-state index in [9.17, 15) is 9.59 Å². The van der Waals surface area contributed by atoms with E-state index in [1.54, 1.807) is 4.90 Å². The van der Waals surface area contributed by atoms with Crippen molar-refractivity contribution in [2.75, 3.05) is 19.6 Å². The van der Waals surface area contributed by atoms with Crippen LogP contribution in [0.5, 0.6) is 0 Å². The molecule has 6 heteroatoms. The maximum atomic E-state index is 13.2. The van der Waals surface area contributed by atoms with Crippen molar-refractivity contribution in [3.05, 3.63) is 96.1 Å². The Hall–Kier alpha value is -4.06. The van der Waals surface area contributed by atoms with E-state index in [1.807, 2.05) is 42.5 Å². The number of nitrogens with two attached hydrogens (primary N) is 1. The first kappa shape index (κ1) is 22.7. The summed E-state index contributed by atoms with van der Waals surface area (Å²) in [6.07, 6.45) is 1.54. The molecule has 35 heavy (non-hydrogen) atoms. The highest BCUT2D eigenvalue weighted by atomic mass is 16.2. The molecule has 2 atom stereocenters. The first-order chi connectivity index (χ1) is 17.1. The van der Waals surface area contributed by atoms with Crippen LogP contribution >= 0.6 is 0 Å². The quantitative estimate of drug-likeness (QED) is 0.378. The number of rotatable bonds is 6. The monoisotopic (exact) mass is 466 g/mol. The Morgan fingerprint density at radius 3 is 2.40 bits per heavy atom. The minimum absolute atomic E-state index is 0.0296. The first-order valence-corrected chi connectivity index (χ1v) is 12.1. The normalized spacial score (nSPS) is 16.7. The van der Waals surface area contributed by atoms with Crippen LogP contribution in [0, 0.1) is 5.92 Å². The van der Waals surface area contributed by atoms with Gasteiger partial charge in [0, 0.05) is 36.5 Å². The molecule has 4 N–H and O–H groups in total. The molecule has 2 unspecified atom stereocenters. The van der Waals surface area contributed by atoms with E-state index >= 15 is 0 Å². The number of fused-ring (bicyclic) bond motifs is 1. The van der Waals surface area contributed by atoms with Crippen LogP contribution in [0.4, 0.5) is 4.79 Å². The highest BCUT2D eigenvalue weighted by Gasteiger charge is 2.29.